The highest BCUT2D eigenvalue weighted by Crippen LogP contribution is 2.25. The Labute approximate surface area is 121 Å². The van der Waals surface area contributed by atoms with Crippen molar-refractivity contribution in [2.75, 3.05) is 13.1 Å². The molecular formula is C15H27N3O2. The Balaban J connectivity index is 1.71. The molecular weight excluding hydrogens is 254 g/mol. The van der Waals surface area contributed by atoms with E-state index in [-0.39, 0.29) is 11.8 Å². The monoisotopic (exact) mass is 281 g/mol. The minimum atomic E-state index is -0.397. The van der Waals surface area contributed by atoms with E-state index < -0.39 is 6.04 Å². The van der Waals surface area contributed by atoms with Gasteiger partial charge in [-0.25, -0.2) is 0 Å². The summed E-state index contributed by atoms with van der Waals surface area (Å²) < 4.78 is 0. The second kappa shape index (κ2) is 7.07. The molecule has 20 heavy (non-hydrogen) atoms. The van der Waals surface area contributed by atoms with Gasteiger partial charge in [-0.2, -0.15) is 0 Å². The molecule has 5 nitrogen and oxygen atoms in total. The van der Waals surface area contributed by atoms with Gasteiger partial charge in [0.2, 0.25) is 11.8 Å². The van der Waals surface area contributed by atoms with Crippen LogP contribution in [-0.2, 0) is 9.59 Å². The second-order valence-electron chi connectivity index (χ2n) is 6.31. The van der Waals surface area contributed by atoms with Gasteiger partial charge in [-0.3, -0.25) is 9.59 Å². The van der Waals surface area contributed by atoms with E-state index in [1.165, 1.54) is 0 Å². The number of nitrogens with zero attached hydrogens (tertiary/aromatic N) is 1. The highest BCUT2D eigenvalue weighted by Gasteiger charge is 2.26. The zero-order valence-electron chi connectivity index (χ0n) is 12.4. The van der Waals surface area contributed by atoms with E-state index in [2.05, 4.69) is 5.32 Å². The van der Waals surface area contributed by atoms with Crippen LogP contribution < -0.4 is 11.1 Å². The first kappa shape index (κ1) is 15.3. The molecule has 2 fully saturated rings. The SMILES string of the molecule is CC(NC(=O)CC1CCC(N)CC1)C(=O)N1CCCC1. The van der Waals surface area contributed by atoms with E-state index in [1.807, 2.05) is 4.90 Å². The van der Waals surface area contributed by atoms with Crippen molar-refractivity contribution in [1.29, 1.82) is 0 Å². The van der Waals surface area contributed by atoms with Gasteiger partial charge in [0.05, 0.1) is 0 Å². The van der Waals surface area contributed by atoms with Crippen molar-refractivity contribution in [3.05, 3.63) is 0 Å². The van der Waals surface area contributed by atoms with Crippen LogP contribution in [0.2, 0.25) is 0 Å². The molecule has 1 atom stereocenters. The number of rotatable bonds is 4. The Hall–Kier alpha value is -1.10. The Kier molecular flexibility index (Phi) is 5.40. The van der Waals surface area contributed by atoms with Gasteiger partial charge in [0.1, 0.15) is 6.04 Å². The maximum absolute atomic E-state index is 12.1. The van der Waals surface area contributed by atoms with E-state index in [0.29, 0.717) is 18.4 Å². The molecule has 0 radical (unpaired) electrons. The minimum Gasteiger partial charge on any atom is -0.345 e. The quantitative estimate of drug-likeness (QED) is 0.808. The molecule has 1 saturated carbocycles. The average molecular weight is 281 g/mol. The molecule has 114 valence electrons. The van der Waals surface area contributed by atoms with Crippen molar-refractivity contribution in [1.82, 2.24) is 10.2 Å². The summed E-state index contributed by atoms with van der Waals surface area (Å²) in [6.45, 7) is 3.45. The molecule has 2 amide bonds. The smallest absolute Gasteiger partial charge is 0.244 e. The van der Waals surface area contributed by atoms with E-state index in [4.69, 9.17) is 5.73 Å². The molecule has 0 aromatic carbocycles. The third kappa shape index (κ3) is 4.20. The van der Waals surface area contributed by atoms with Gasteiger partial charge in [-0.15, -0.1) is 0 Å². The standard InChI is InChI=1S/C15H27N3O2/c1-11(15(20)18-8-2-3-9-18)17-14(19)10-12-4-6-13(16)7-5-12/h11-13H,2-10,16H2,1H3,(H,17,19). The Morgan fingerprint density at radius 3 is 2.40 bits per heavy atom. The number of amides is 2. The van der Waals surface area contributed by atoms with Crippen LogP contribution in [0.3, 0.4) is 0 Å². The van der Waals surface area contributed by atoms with Crippen molar-refractivity contribution >= 4 is 11.8 Å². The summed E-state index contributed by atoms with van der Waals surface area (Å²) >= 11 is 0. The molecule has 1 aliphatic heterocycles. The van der Waals surface area contributed by atoms with Crippen LogP contribution in [-0.4, -0.2) is 41.9 Å². The summed E-state index contributed by atoms with van der Waals surface area (Å²) in [7, 11) is 0. The van der Waals surface area contributed by atoms with Crippen molar-refractivity contribution in [2.24, 2.45) is 11.7 Å². The molecule has 1 saturated heterocycles. The number of hydrogen-bond donors (Lipinski definition) is 2. The molecule has 2 rings (SSSR count). The fourth-order valence-electron chi connectivity index (χ4n) is 3.23. The molecule has 2 aliphatic rings. The van der Waals surface area contributed by atoms with Crippen LogP contribution in [0, 0.1) is 5.92 Å². The Bertz CT molecular complexity index is 345. The topological polar surface area (TPSA) is 75.4 Å². The van der Waals surface area contributed by atoms with Crippen molar-refractivity contribution < 1.29 is 9.59 Å². The number of nitrogens with two attached hydrogens (primary N) is 1. The van der Waals surface area contributed by atoms with Gasteiger partial charge in [-0.05, 0) is 51.4 Å². The van der Waals surface area contributed by atoms with Gasteiger partial charge in [0, 0.05) is 25.6 Å². The van der Waals surface area contributed by atoms with Crippen LogP contribution in [0.5, 0.6) is 0 Å². The van der Waals surface area contributed by atoms with E-state index in [9.17, 15) is 9.59 Å². The first-order valence-corrected chi connectivity index (χ1v) is 7.90. The molecule has 5 heteroatoms. The van der Waals surface area contributed by atoms with Gasteiger partial charge >= 0.3 is 0 Å². The van der Waals surface area contributed by atoms with E-state index in [1.54, 1.807) is 6.92 Å². The molecule has 1 heterocycles. The van der Waals surface area contributed by atoms with Gasteiger partial charge in [0.15, 0.2) is 0 Å². The molecule has 0 bridgehead atoms. The lowest BCUT2D eigenvalue weighted by Gasteiger charge is -2.26. The third-order valence-electron chi connectivity index (χ3n) is 4.53. The summed E-state index contributed by atoms with van der Waals surface area (Å²) in [4.78, 5) is 26.0. The van der Waals surface area contributed by atoms with Crippen LogP contribution in [0.4, 0.5) is 0 Å². The lowest BCUT2D eigenvalue weighted by atomic mass is 9.84. The summed E-state index contributed by atoms with van der Waals surface area (Å²) in [6.07, 6.45) is 6.78. The van der Waals surface area contributed by atoms with Gasteiger partial charge in [0.25, 0.3) is 0 Å². The van der Waals surface area contributed by atoms with Crippen LogP contribution in [0.25, 0.3) is 0 Å². The largest absolute Gasteiger partial charge is 0.345 e. The van der Waals surface area contributed by atoms with Crippen LogP contribution >= 0.6 is 0 Å². The number of nitrogens with one attached hydrogen (secondary N) is 1. The fourth-order valence-corrected chi connectivity index (χ4v) is 3.23. The summed E-state index contributed by atoms with van der Waals surface area (Å²) in [5, 5.41) is 2.85. The minimum absolute atomic E-state index is 0.00511. The summed E-state index contributed by atoms with van der Waals surface area (Å²) in [5.41, 5.74) is 5.87. The number of carbonyl (C=O) groups excluding carboxylic acids is 2. The van der Waals surface area contributed by atoms with E-state index >= 15 is 0 Å². The number of carbonyl (C=O) groups is 2. The Morgan fingerprint density at radius 2 is 1.80 bits per heavy atom. The zero-order valence-corrected chi connectivity index (χ0v) is 12.4. The molecule has 0 aromatic rings. The summed E-state index contributed by atoms with van der Waals surface area (Å²) in [6, 6.07) is -0.0866. The zero-order chi connectivity index (χ0) is 14.5. The maximum Gasteiger partial charge on any atom is 0.244 e. The molecule has 0 aromatic heterocycles. The third-order valence-corrected chi connectivity index (χ3v) is 4.53. The molecule has 1 aliphatic carbocycles. The van der Waals surface area contributed by atoms with Crippen LogP contribution in [0.1, 0.15) is 51.9 Å². The number of hydrogen-bond acceptors (Lipinski definition) is 3. The van der Waals surface area contributed by atoms with Crippen molar-refractivity contribution in [3.8, 4) is 0 Å². The first-order valence-electron chi connectivity index (χ1n) is 7.90. The van der Waals surface area contributed by atoms with Crippen molar-refractivity contribution in [2.45, 2.75) is 64.0 Å². The number of likely N-dealkylation sites (tertiary alicyclic amines) is 1. The lowest BCUT2D eigenvalue weighted by Crippen LogP contribution is -2.46. The maximum atomic E-state index is 12.1. The lowest BCUT2D eigenvalue weighted by molar-refractivity contribution is -0.135. The average Bonchev–Trinajstić information content (AvgIpc) is 2.94. The Morgan fingerprint density at radius 1 is 1.20 bits per heavy atom. The predicted octanol–water partition coefficient (Wildman–Crippen LogP) is 1.02. The molecule has 0 spiro atoms. The van der Waals surface area contributed by atoms with Crippen LogP contribution in [0.15, 0.2) is 0 Å². The summed E-state index contributed by atoms with van der Waals surface area (Å²) in [5.74, 6) is 0.496. The van der Waals surface area contributed by atoms with Gasteiger partial charge in [-0.1, -0.05) is 0 Å². The second-order valence-corrected chi connectivity index (χ2v) is 6.31. The fraction of sp³-hybridized carbons (Fsp3) is 0.867. The molecule has 3 N–H and O–H groups in total. The van der Waals surface area contributed by atoms with Gasteiger partial charge < -0.3 is 16.0 Å². The molecule has 1 unspecified atom stereocenters. The highest BCUT2D eigenvalue weighted by atomic mass is 16.2. The van der Waals surface area contributed by atoms with E-state index in [0.717, 1.165) is 51.6 Å². The predicted molar refractivity (Wildman–Crippen MR) is 78.0 cm³/mol. The first-order chi connectivity index (χ1) is 9.56. The van der Waals surface area contributed by atoms with Crippen molar-refractivity contribution in [3.63, 3.8) is 0 Å². The normalized spacial score (nSPS) is 28.2. The highest BCUT2D eigenvalue weighted by molar-refractivity contribution is 5.87.